The summed E-state index contributed by atoms with van der Waals surface area (Å²) in [5, 5.41) is 0. The summed E-state index contributed by atoms with van der Waals surface area (Å²) in [6.45, 7) is 0. The Morgan fingerprint density at radius 1 is 1.80 bits per heavy atom. The first-order valence-electron chi connectivity index (χ1n) is 0.516. The van der Waals surface area contributed by atoms with E-state index in [0.717, 1.165) is 0 Å². The van der Waals surface area contributed by atoms with E-state index in [1.165, 1.54) is 0 Å². The van der Waals surface area contributed by atoms with E-state index in [0.29, 0.717) is 0 Å². The van der Waals surface area contributed by atoms with Crippen molar-refractivity contribution in [1.29, 1.82) is 0 Å². The van der Waals surface area contributed by atoms with Gasteiger partial charge in [-0.05, 0) is 0 Å². The molecule has 0 aromatic heterocycles. The maximum Gasteiger partial charge on any atom is 1.00 e. The van der Waals surface area contributed by atoms with Gasteiger partial charge in [0.15, 0.2) is 0 Å². The Labute approximate surface area is 47.0 Å². The van der Waals surface area contributed by atoms with E-state index in [1.807, 2.05) is 0 Å². The van der Waals surface area contributed by atoms with Gasteiger partial charge in [0.05, 0.1) is 0 Å². The molecule has 0 saturated carbocycles. The summed E-state index contributed by atoms with van der Waals surface area (Å²) in [6.07, 6.45) is 0. The van der Waals surface area contributed by atoms with E-state index >= 15 is 0 Å². The van der Waals surface area contributed by atoms with Crippen LogP contribution < -0.4 is 0 Å². The fourth-order valence-electron chi connectivity index (χ4n) is 0. The molecule has 2 nitrogen and oxygen atoms in total. The molecule has 0 aliphatic carbocycles. The van der Waals surface area contributed by atoms with Crippen molar-refractivity contribution in [3.05, 3.63) is 0 Å². The van der Waals surface area contributed by atoms with Gasteiger partial charge in [-0.2, -0.15) is 0 Å². The zero-order valence-electron chi connectivity index (χ0n) is 1.97. The SMILES string of the molecule is O=[S-](O)=S.[Cu+]. The van der Waals surface area contributed by atoms with Crippen molar-refractivity contribution in [2.45, 2.75) is 0 Å². The van der Waals surface area contributed by atoms with Crippen molar-refractivity contribution >= 4 is 20.8 Å². The van der Waals surface area contributed by atoms with Crippen molar-refractivity contribution in [2.75, 3.05) is 0 Å². The second kappa shape index (κ2) is 4.85. The van der Waals surface area contributed by atoms with Gasteiger partial charge in [-0.3, -0.25) is 0 Å². The van der Waals surface area contributed by atoms with Gasteiger partial charge in [-0.1, -0.05) is 9.64 Å². The van der Waals surface area contributed by atoms with Crippen LogP contribution in [0.3, 0.4) is 0 Å². The third kappa shape index (κ3) is 54.6. The molecule has 0 spiro atoms. The van der Waals surface area contributed by atoms with E-state index in [9.17, 15) is 0 Å². The molecule has 0 fully saturated rings. The Hall–Kier alpha value is 0.849. The van der Waals surface area contributed by atoms with Crippen LogP contribution in [0.4, 0.5) is 0 Å². The average molecular weight is 161 g/mol. The van der Waals surface area contributed by atoms with Gasteiger partial charge < -0.3 is 8.76 Å². The molecule has 0 amide bonds. The smallest absolute Gasteiger partial charge is 0.459 e. The molecule has 0 aromatic carbocycles. The molecular formula is HCuO2S2. The average Bonchev–Trinajstić information content (AvgIpc) is 0.811. The summed E-state index contributed by atoms with van der Waals surface area (Å²) in [7, 11) is -2.03. The summed E-state index contributed by atoms with van der Waals surface area (Å²) in [4.78, 5) is 0. The molecule has 0 aliphatic rings. The standard InChI is InChI=1S/Cu.HO2S2/c;1-4(2)3/h;(H,1,2,3)/q+1;-1. The molecule has 0 heterocycles. The Balaban J connectivity index is 0. The van der Waals surface area contributed by atoms with Gasteiger partial charge in [-0.15, -0.1) is 0 Å². The van der Waals surface area contributed by atoms with Crippen LogP contribution in [-0.4, -0.2) is 4.55 Å². The quantitative estimate of drug-likeness (QED) is 0.305. The minimum absolute atomic E-state index is 0. The molecule has 0 aromatic rings. The molecule has 0 rings (SSSR count). The van der Waals surface area contributed by atoms with Crippen LogP contribution in [0, 0.1) is 0 Å². The third-order valence-electron chi connectivity index (χ3n) is 0. The summed E-state index contributed by atoms with van der Waals surface area (Å²) < 4.78 is 16.3. The van der Waals surface area contributed by atoms with Crippen molar-refractivity contribution in [3.8, 4) is 0 Å². The second-order valence-corrected chi connectivity index (χ2v) is 1.51. The minimum Gasteiger partial charge on any atom is -0.459 e. The van der Waals surface area contributed by atoms with Crippen molar-refractivity contribution in [2.24, 2.45) is 0 Å². The van der Waals surface area contributed by atoms with Gasteiger partial charge in [0.25, 0.3) is 0 Å². The van der Waals surface area contributed by atoms with Crippen LogP contribution in [0.2, 0.25) is 0 Å². The van der Waals surface area contributed by atoms with Crippen LogP contribution in [0.15, 0.2) is 0 Å². The van der Waals surface area contributed by atoms with Crippen LogP contribution in [0.1, 0.15) is 0 Å². The summed E-state index contributed by atoms with van der Waals surface area (Å²) in [5.74, 6) is 0. The van der Waals surface area contributed by atoms with E-state index in [4.69, 9.17) is 8.76 Å². The molecule has 5 heteroatoms. The maximum absolute atomic E-state index is 8.93. The molecule has 5 heavy (non-hydrogen) atoms. The van der Waals surface area contributed by atoms with E-state index in [2.05, 4.69) is 11.2 Å². The molecule has 0 atom stereocenters. The largest absolute Gasteiger partial charge is 1.00 e. The van der Waals surface area contributed by atoms with E-state index < -0.39 is 9.64 Å². The van der Waals surface area contributed by atoms with Gasteiger partial charge in [0, 0.05) is 0 Å². The molecule has 0 aliphatic heterocycles. The Morgan fingerprint density at radius 2 is 1.80 bits per heavy atom. The summed E-state index contributed by atoms with van der Waals surface area (Å²) in [6, 6.07) is 0. The Kier molecular flexibility index (Phi) is 9.00. The fourth-order valence-corrected chi connectivity index (χ4v) is 0. The normalized spacial score (nSPS) is 6.80. The minimum atomic E-state index is -2.03. The Morgan fingerprint density at radius 3 is 1.80 bits per heavy atom. The number of hydrogen-bond acceptors (Lipinski definition) is 3. The van der Waals surface area contributed by atoms with Gasteiger partial charge >= 0.3 is 17.1 Å². The van der Waals surface area contributed by atoms with Crippen molar-refractivity contribution < 1.29 is 25.8 Å². The topological polar surface area (TPSA) is 37.3 Å². The van der Waals surface area contributed by atoms with E-state index in [-0.39, 0.29) is 17.1 Å². The van der Waals surface area contributed by atoms with E-state index in [1.54, 1.807) is 0 Å². The van der Waals surface area contributed by atoms with Gasteiger partial charge in [0.2, 0.25) is 0 Å². The first-order chi connectivity index (χ1) is 1.73. The first kappa shape index (κ1) is 9.28. The monoisotopic (exact) mass is 160 g/mol. The predicted molar refractivity (Wildman–Crippen MR) is 18.0 cm³/mol. The first-order valence-corrected chi connectivity index (χ1v) is 2.55. The summed E-state index contributed by atoms with van der Waals surface area (Å²) in [5.41, 5.74) is 0. The molecule has 0 unspecified atom stereocenters. The Bertz CT molecular complexity index is 56.0. The molecule has 1 N–H and O–H groups in total. The zero-order valence-corrected chi connectivity index (χ0v) is 4.55. The van der Waals surface area contributed by atoms with Crippen LogP contribution in [-0.2, 0) is 42.1 Å². The molecule has 0 saturated heterocycles. The molecule has 36 valence electrons. The molecule has 0 radical (unpaired) electrons. The van der Waals surface area contributed by atoms with Gasteiger partial charge in [0.1, 0.15) is 0 Å². The number of rotatable bonds is 0. The van der Waals surface area contributed by atoms with Crippen molar-refractivity contribution in [1.82, 2.24) is 0 Å². The third-order valence-corrected chi connectivity index (χ3v) is 0. The molecular weight excluding hydrogens is 160 g/mol. The predicted octanol–water partition coefficient (Wildman–Crippen LogP) is -0.117. The van der Waals surface area contributed by atoms with Crippen molar-refractivity contribution in [3.63, 3.8) is 0 Å². The van der Waals surface area contributed by atoms with Crippen LogP contribution in [0.25, 0.3) is 0 Å². The second-order valence-electron chi connectivity index (χ2n) is 0.217. The molecule has 0 bridgehead atoms. The summed E-state index contributed by atoms with van der Waals surface area (Å²) >= 11 is 3.65. The number of hydrogen-bond donors (Lipinski definition) is 1. The maximum atomic E-state index is 8.93. The fraction of sp³-hybridized carbons (Fsp3) is 0. The van der Waals surface area contributed by atoms with Crippen LogP contribution in [0.5, 0.6) is 0 Å². The van der Waals surface area contributed by atoms with Crippen LogP contribution >= 0.6 is 0 Å². The van der Waals surface area contributed by atoms with Gasteiger partial charge in [-0.25, -0.2) is 11.2 Å². The zero-order chi connectivity index (χ0) is 3.58.